The van der Waals surface area contributed by atoms with Crippen molar-refractivity contribution in [2.24, 2.45) is 7.05 Å². The van der Waals surface area contributed by atoms with Crippen molar-refractivity contribution in [3.63, 3.8) is 0 Å². The fourth-order valence-electron chi connectivity index (χ4n) is 1.74. The number of nitrogens with zero attached hydrogens (tertiary/aromatic N) is 3. The molecule has 0 fully saturated rings. The number of hydrogen-bond donors (Lipinski definition) is 1. The lowest BCUT2D eigenvalue weighted by molar-refractivity contribution is 0.0565. The second-order valence-electron chi connectivity index (χ2n) is 4.34. The first-order valence-electron chi connectivity index (χ1n) is 5.31. The number of rotatable bonds is 3. The summed E-state index contributed by atoms with van der Waals surface area (Å²) >= 11 is 2.24. The van der Waals surface area contributed by atoms with Gasteiger partial charge >= 0.3 is 0 Å². The molecule has 0 bridgehead atoms. The Morgan fingerprint density at radius 2 is 2.00 bits per heavy atom. The molecular weight excluding hydrogens is 329 g/mol. The minimum atomic E-state index is -0.916. The van der Waals surface area contributed by atoms with E-state index in [4.69, 9.17) is 0 Å². The van der Waals surface area contributed by atoms with Gasteiger partial charge in [-0.15, -0.1) is 5.10 Å². The highest BCUT2D eigenvalue weighted by atomic mass is 127. The van der Waals surface area contributed by atoms with Gasteiger partial charge in [-0.1, -0.05) is 17.3 Å². The fraction of sp³-hybridized carbons (Fsp3) is 0.333. The summed E-state index contributed by atoms with van der Waals surface area (Å²) in [6.07, 6.45) is 2.28. The number of aromatic nitrogens is 3. The van der Waals surface area contributed by atoms with Crippen LogP contribution in [0.5, 0.6) is 0 Å². The molecule has 0 aliphatic heterocycles. The van der Waals surface area contributed by atoms with Gasteiger partial charge in [0.25, 0.3) is 0 Å². The molecule has 0 radical (unpaired) electrons. The van der Waals surface area contributed by atoms with Gasteiger partial charge in [0.15, 0.2) is 0 Å². The molecule has 1 unspecified atom stereocenters. The van der Waals surface area contributed by atoms with Crippen LogP contribution in [0.2, 0.25) is 0 Å². The molecule has 1 N–H and O–H groups in total. The Labute approximate surface area is 114 Å². The normalized spacial score (nSPS) is 14.6. The van der Waals surface area contributed by atoms with Crippen molar-refractivity contribution in [3.05, 3.63) is 45.3 Å². The Balaban J connectivity index is 2.21. The molecule has 5 heteroatoms. The molecule has 1 aromatic heterocycles. The highest BCUT2D eigenvalue weighted by molar-refractivity contribution is 14.1. The molecule has 0 saturated heterocycles. The maximum atomic E-state index is 10.5. The molecule has 1 atom stereocenters. The van der Waals surface area contributed by atoms with Crippen molar-refractivity contribution in [1.82, 2.24) is 15.0 Å². The number of benzene rings is 1. The smallest absolute Gasteiger partial charge is 0.0925 e. The fourth-order valence-corrected chi connectivity index (χ4v) is 2.10. The van der Waals surface area contributed by atoms with Crippen LogP contribution in [-0.2, 0) is 19.1 Å². The van der Waals surface area contributed by atoms with E-state index in [1.165, 1.54) is 0 Å². The molecule has 90 valence electrons. The summed E-state index contributed by atoms with van der Waals surface area (Å²) in [6, 6.07) is 7.86. The minimum absolute atomic E-state index is 0.460. The summed E-state index contributed by atoms with van der Waals surface area (Å²) < 4.78 is 2.79. The maximum Gasteiger partial charge on any atom is 0.0925 e. The highest BCUT2D eigenvalue weighted by Gasteiger charge is 2.24. The summed E-state index contributed by atoms with van der Waals surface area (Å²) in [4.78, 5) is 0. The van der Waals surface area contributed by atoms with Crippen LogP contribution in [-0.4, -0.2) is 20.1 Å². The van der Waals surface area contributed by atoms with Gasteiger partial charge in [-0.2, -0.15) is 0 Å². The average molecular weight is 343 g/mol. The molecule has 4 nitrogen and oxygen atoms in total. The zero-order chi connectivity index (χ0) is 12.5. The first kappa shape index (κ1) is 12.5. The quantitative estimate of drug-likeness (QED) is 0.866. The van der Waals surface area contributed by atoms with E-state index in [9.17, 15) is 5.11 Å². The van der Waals surface area contributed by atoms with Crippen molar-refractivity contribution in [3.8, 4) is 0 Å². The largest absolute Gasteiger partial charge is 0.385 e. The molecular formula is C12H14IN3O. The lowest BCUT2D eigenvalue weighted by Crippen LogP contribution is -2.24. The van der Waals surface area contributed by atoms with Crippen LogP contribution in [0.15, 0.2) is 30.5 Å². The van der Waals surface area contributed by atoms with E-state index in [2.05, 4.69) is 32.9 Å². The maximum absolute atomic E-state index is 10.5. The van der Waals surface area contributed by atoms with Crippen LogP contribution in [0, 0.1) is 3.57 Å². The SMILES string of the molecule is Cn1cc(CC(C)(O)c2ccc(I)cc2)nn1. The number of hydrogen-bond acceptors (Lipinski definition) is 3. The molecule has 1 heterocycles. The number of aryl methyl sites for hydroxylation is 1. The van der Waals surface area contributed by atoms with Gasteiger partial charge in [0.2, 0.25) is 0 Å². The van der Waals surface area contributed by atoms with Crippen LogP contribution in [0.4, 0.5) is 0 Å². The highest BCUT2D eigenvalue weighted by Crippen LogP contribution is 2.25. The molecule has 0 amide bonds. The lowest BCUT2D eigenvalue weighted by atomic mass is 9.91. The Morgan fingerprint density at radius 3 is 2.53 bits per heavy atom. The Morgan fingerprint density at radius 1 is 1.35 bits per heavy atom. The van der Waals surface area contributed by atoms with Crippen LogP contribution in [0.3, 0.4) is 0 Å². The Kier molecular flexibility index (Phi) is 3.48. The summed E-state index contributed by atoms with van der Waals surface area (Å²) in [5.41, 5.74) is 0.764. The second-order valence-corrected chi connectivity index (χ2v) is 5.59. The minimum Gasteiger partial charge on any atom is -0.385 e. The third kappa shape index (κ3) is 3.04. The summed E-state index contributed by atoms with van der Waals surface area (Å²) in [5.74, 6) is 0. The van der Waals surface area contributed by atoms with Gasteiger partial charge in [0.1, 0.15) is 0 Å². The van der Waals surface area contributed by atoms with Crippen LogP contribution < -0.4 is 0 Å². The van der Waals surface area contributed by atoms with Crippen molar-refractivity contribution in [2.45, 2.75) is 18.9 Å². The lowest BCUT2D eigenvalue weighted by Gasteiger charge is -2.22. The van der Waals surface area contributed by atoms with Gasteiger partial charge in [-0.05, 0) is 47.2 Å². The van der Waals surface area contributed by atoms with Gasteiger partial charge in [-0.25, -0.2) is 0 Å². The molecule has 0 saturated carbocycles. The van der Waals surface area contributed by atoms with Crippen molar-refractivity contribution < 1.29 is 5.11 Å². The van der Waals surface area contributed by atoms with Gasteiger partial charge in [0, 0.05) is 23.2 Å². The van der Waals surface area contributed by atoms with Crippen molar-refractivity contribution in [1.29, 1.82) is 0 Å². The molecule has 1 aromatic carbocycles. The summed E-state index contributed by atoms with van der Waals surface area (Å²) in [6.45, 7) is 1.80. The predicted octanol–water partition coefficient (Wildman–Crippen LogP) is 1.87. The van der Waals surface area contributed by atoms with Crippen molar-refractivity contribution in [2.75, 3.05) is 0 Å². The zero-order valence-corrected chi connectivity index (χ0v) is 11.9. The van der Waals surface area contributed by atoms with Gasteiger partial charge in [-0.3, -0.25) is 4.68 Å². The first-order valence-corrected chi connectivity index (χ1v) is 6.39. The molecule has 0 spiro atoms. The van der Waals surface area contributed by atoms with E-state index in [0.29, 0.717) is 6.42 Å². The van der Waals surface area contributed by atoms with Crippen LogP contribution >= 0.6 is 22.6 Å². The van der Waals surface area contributed by atoms with Crippen LogP contribution in [0.25, 0.3) is 0 Å². The third-order valence-corrected chi connectivity index (χ3v) is 3.36. The standard InChI is InChI=1S/C12H14IN3O/c1-12(17,7-11-8-16(2)15-14-11)9-3-5-10(13)6-4-9/h3-6,8,17H,7H2,1-2H3. The van der Waals surface area contributed by atoms with E-state index < -0.39 is 5.60 Å². The third-order valence-electron chi connectivity index (χ3n) is 2.64. The second kappa shape index (κ2) is 4.73. The van der Waals surface area contributed by atoms with E-state index in [-0.39, 0.29) is 0 Å². The Bertz CT molecular complexity index is 505. The summed E-state index contributed by atoms with van der Waals surface area (Å²) in [5, 5.41) is 18.3. The van der Waals surface area contributed by atoms with Crippen LogP contribution in [0.1, 0.15) is 18.2 Å². The number of halogens is 1. The summed E-state index contributed by atoms with van der Waals surface area (Å²) in [7, 11) is 1.82. The average Bonchev–Trinajstić information content (AvgIpc) is 2.63. The van der Waals surface area contributed by atoms with Gasteiger partial charge < -0.3 is 5.11 Å². The molecule has 17 heavy (non-hydrogen) atoms. The molecule has 0 aliphatic rings. The van der Waals surface area contributed by atoms with E-state index in [1.54, 1.807) is 11.6 Å². The van der Waals surface area contributed by atoms with E-state index >= 15 is 0 Å². The molecule has 2 rings (SSSR count). The van der Waals surface area contributed by atoms with Crippen molar-refractivity contribution >= 4 is 22.6 Å². The van der Waals surface area contributed by atoms with E-state index in [0.717, 1.165) is 14.8 Å². The monoisotopic (exact) mass is 343 g/mol. The number of aliphatic hydroxyl groups is 1. The molecule has 2 aromatic rings. The Hall–Kier alpha value is -0.950. The van der Waals surface area contributed by atoms with E-state index in [1.807, 2.05) is 37.5 Å². The van der Waals surface area contributed by atoms with Gasteiger partial charge in [0.05, 0.1) is 11.3 Å². The predicted molar refractivity (Wildman–Crippen MR) is 73.4 cm³/mol. The zero-order valence-electron chi connectivity index (χ0n) is 9.76. The molecule has 0 aliphatic carbocycles. The topological polar surface area (TPSA) is 50.9 Å². The first-order chi connectivity index (χ1) is 7.97.